The molecular formula is C17H15FN2O2S. The lowest BCUT2D eigenvalue weighted by molar-refractivity contribution is 0.385. The predicted octanol–water partition coefficient (Wildman–Crippen LogP) is 3.05. The first kappa shape index (κ1) is 14.4. The van der Waals surface area contributed by atoms with Crippen LogP contribution in [0.25, 0.3) is 10.9 Å². The second kappa shape index (κ2) is 5.18. The second-order valence-corrected chi connectivity index (χ2v) is 7.55. The van der Waals surface area contributed by atoms with E-state index in [0.29, 0.717) is 13.0 Å². The summed E-state index contributed by atoms with van der Waals surface area (Å²) in [6.45, 7) is 0.589. The molecule has 0 saturated heterocycles. The summed E-state index contributed by atoms with van der Waals surface area (Å²) >= 11 is 0. The van der Waals surface area contributed by atoms with E-state index in [0.717, 1.165) is 22.2 Å². The number of halogens is 1. The molecule has 0 fully saturated rings. The Hall–Kier alpha value is -2.18. The highest BCUT2D eigenvalue weighted by molar-refractivity contribution is 7.89. The van der Waals surface area contributed by atoms with Gasteiger partial charge in [0.1, 0.15) is 10.7 Å². The monoisotopic (exact) mass is 330 g/mol. The molecule has 118 valence electrons. The maximum absolute atomic E-state index is 13.9. The van der Waals surface area contributed by atoms with Gasteiger partial charge in [-0.2, -0.15) is 4.31 Å². The van der Waals surface area contributed by atoms with Crippen LogP contribution in [0.2, 0.25) is 0 Å². The van der Waals surface area contributed by atoms with E-state index in [4.69, 9.17) is 0 Å². The van der Waals surface area contributed by atoms with Crippen molar-refractivity contribution in [1.82, 2.24) is 9.29 Å². The molecule has 1 aliphatic heterocycles. The lowest BCUT2D eigenvalue weighted by Crippen LogP contribution is -2.36. The highest BCUT2D eigenvalue weighted by Gasteiger charge is 2.31. The topological polar surface area (TPSA) is 53.2 Å². The van der Waals surface area contributed by atoms with E-state index >= 15 is 0 Å². The molecule has 0 bridgehead atoms. The summed E-state index contributed by atoms with van der Waals surface area (Å²) in [4.78, 5) is 3.02. The van der Waals surface area contributed by atoms with Crippen LogP contribution in [-0.2, 0) is 23.0 Å². The van der Waals surface area contributed by atoms with Crippen LogP contribution in [0.4, 0.5) is 4.39 Å². The fraction of sp³-hybridized carbons (Fsp3) is 0.176. The van der Waals surface area contributed by atoms with E-state index in [9.17, 15) is 12.8 Å². The number of fused-ring (bicyclic) bond motifs is 3. The Balaban J connectivity index is 1.74. The first-order chi connectivity index (χ1) is 11.1. The lowest BCUT2D eigenvalue weighted by atomic mass is 10.1. The molecule has 0 atom stereocenters. The van der Waals surface area contributed by atoms with Crippen molar-refractivity contribution in [1.29, 1.82) is 0 Å². The summed E-state index contributed by atoms with van der Waals surface area (Å²) in [5.41, 5.74) is 3.04. The van der Waals surface area contributed by atoms with Crippen LogP contribution in [0.1, 0.15) is 11.3 Å². The van der Waals surface area contributed by atoms with Gasteiger partial charge in [-0.25, -0.2) is 12.8 Å². The number of aromatic amines is 1. The molecule has 23 heavy (non-hydrogen) atoms. The van der Waals surface area contributed by atoms with Crippen molar-refractivity contribution in [2.75, 3.05) is 6.54 Å². The van der Waals surface area contributed by atoms with Gasteiger partial charge in [0.05, 0.1) is 6.54 Å². The summed E-state index contributed by atoms with van der Waals surface area (Å²) in [6.07, 6.45) is 0.618. The van der Waals surface area contributed by atoms with Gasteiger partial charge < -0.3 is 4.98 Å². The number of hydrogen-bond acceptors (Lipinski definition) is 2. The molecule has 4 nitrogen and oxygen atoms in total. The molecule has 4 rings (SSSR count). The standard InChI is InChI=1S/C17H15FN2O2S/c18-14-6-2-4-8-17(14)23(21,22)20-10-9-13-12-5-1-3-7-15(12)19-16(13)11-20/h1-8,19H,9-11H2. The fourth-order valence-corrected chi connectivity index (χ4v) is 4.64. The Morgan fingerprint density at radius 2 is 1.78 bits per heavy atom. The number of para-hydroxylation sites is 1. The summed E-state index contributed by atoms with van der Waals surface area (Å²) < 4.78 is 40.6. The van der Waals surface area contributed by atoms with Gasteiger partial charge in [-0.15, -0.1) is 0 Å². The zero-order chi connectivity index (χ0) is 16.0. The number of H-pyrrole nitrogens is 1. The molecule has 1 aromatic heterocycles. The average Bonchev–Trinajstić information content (AvgIpc) is 2.92. The Kier molecular flexibility index (Phi) is 3.25. The smallest absolute Gasteiger partial charge is 0.246 e. The highest BCUT2D eigenvalue weighted by atomic mass is 32.2. The third-order valence-electron chi connectivity index (χ3n) is 4.30. The van der Waals surface area contributed by atoms with Crippen molar-refractivity contribution >= 4 is 20.9 Å². The van der Waals surface area contributed by atoms with E-state index in [2.05, 4.69) is 4.98 Å². The van der Waals surface area contributed by atoms with Crippen LogP contribution < -0.4 is 0 Å². The largest absolute Gasteiger partial charge is 0.357 e. The maximum Gasteiger partial charge on any atom is 0.246 e. The summed E-state index contributed by atoms with van der Waals surface area (Å²) in [5.74, 6) is -0.713. The number of hydrogen-bond donors (Lipinski definition) is 1. The molecule has 0 aliphatic carbocycles. The van der Waals surface area contributed by atoms with Crippen molar-refractivity contribution < 1.29 is 12.8 Å². The maximum atomic E-state index is 13.9. The van der Waals surface area contributed by atoms with Crippen LogP contribution in [0.15, 0.2) is 53.4 Å². The molecular weight excluding hydrogens is 315 g/mol. The van der Waals surface area contributed by atoms with Crippen molar-refractivity contribution in [3.63, 3.8) is 0 Å². The Morgan fingerprint density at radius 3 is 2.61 bits per heavy atom. The van der Waals surface area contributed by atoms with Gasteiger partial charge in [0.2, 0.25) is 10.0 Å². The highest BCUT2D eigenvalue weighted by Crippen LogP contribution is 2.30. The summed E-state index contributed by atoms with van der Waals surface area (Å²) in [7, 11) is -3.83. The molecule has 0 saturated carbocycles. The van der Waals surface area contributed by atoms with E-state index in [1.54, 1.807) is 0 Å². The molecule has 3 aromatic rings. The first-order valence-electron chi connectivity index (χ1n) is 7.40. The Bertz CT molecular complexity index is 995. The summed E-state index contributed by atoms with van der Waals surface area (Å²) in [5, 5.41) is 1.13. The number of aromatic nitrogens is 1. The van der Waals surface area contributed by atoms with Crippen LogP contribution in [-0.4, -0.2) is 24.3 Å². The molecule has 2 aromatic carbocycles. The van der Waals surface area contributed by atoms with Gasteiger partial charge in [0, 0.05) is 23.1 Å². The van der Waals surface area contributed by atoms with Gasteiger partial charge >= 0.3 is 0 Å². The minimum atomic E-state index is -3.83. The average molecular weight is 330 g/mol. The van der Waals surface area contributed by atoms with E-state index < -0.39 is 15.8 Å². The molecule has 0 amide bonds. The second-order valence-electron chi connectivity index (χ2n) is 5.65. The zero-order valence-corrected chi connectivity index (χ0v) is 13.1. The lowest BCUT2D eigenvalue weighted by Gasteiger charge is -2.26. The zero-order valence-electron chi connectivity index (χ0n) is 12.3. The van der Waals surface area contributed by atoms with Crippen molar-refractivity contribution in [2.45, 2.75) is 17.9 Å². The van der Waals surface area contributed by atoms with Crippen LogP contribution >= 0.6 is 0 Å². The fourth-order valence-electron chi connectivity index (χ4n) is 3.17. The van der Waals surface area contributed by atoms with Gasteiger partial charge in [-0.05, 0) is 30.2 Å². The van der Waals surface area contributed by atoms with Gasteiger partial charge in [-0.3, -0.25) is 0 Å². The normalized spacial score (nSPS) is 15.7. The van der Waals surface area contributed by atoms with E-state index in [1.807, 2.05) is 24.3 Å². The number of nitrogens with zero attached hydrogens (tertiary/aromatic N) is 1. The summed E-state index contributed by atoms with van der Waals surface area (Å²) in [6, 6.07) is 13.4. The number of rotatable bonds is 2. The van der Waals surface area contributed by atoms with Crippen molar-refractivity contribution in [3.8, 4) is 0 Å². The molecule has 1 aliphatic rings. The van der Waals surface area contributed by atoms with E-state index in [1.165, 1.54) is 28.6 Å². The first-order valence-corrected chi connectivity index (χ1v) is 8.84. The van der Waals surface area contributed by atoms with Crippen LogP contribution in [0, 0.1) is 5.82 Å². The third kappa shape index (κ3) is 2.26. The number of nitrogens with one attached hydrogen (secondary N) is 1. The van der Waals surface area contributed by atoms with Crippen molar-refractivity contribution in [3.05, 3.63) is 65.6 Å². The quantitative estimate of drug-likeness (QED) is 0.785. The predicted molar refractivity (Wildman–Crippen MR) is 86.0 cm³/mol. The molecule has 0 radical (unpaired) electrons. The molecule has 2 heterocycles. The molecule has 0 unspecified atom stereocenters. The minimum Gasteiger partial charge on any atom is -0.357 e. The van der Waals surface area contributed by atoms with Gasteiger partial charge in [0.15, 0.2) is 0 Å². The SMILES string of the molecule is O=S(=O)(c1ccccc1F)N1CCc2c([nH]c3ccccc23)C1. The third-order valence-corrected chi connectivity index (χ3v) is 6.18. The molecule has 1 N–H and O–H groups in total. The molecule has 0 spiro atoms. The van der Waals surface area contributed by atoms with Crippen LogP contribution in [0.3, 0.4) is 0 Å². The number of sulfonamides is 1. The minimum absolute atomic E-state index is 0.237. The number of benzene rings is 2. The molecule has 6 heteroatoms. The Morgan fingerprint density at radius 1 is 1.04 bits per heavy atom. The Labute approximate surface area is 133 Å². The van der Waals surface area contributed by atoms with Crippen LogP contribution in [0.5, 0.6) is 0 Å². The van der Waals surface area contributed by atoms with E-state index in [-0.39, 0.29) is 11.4 Å². The van der Waals surface area contributed by atoms with Gasteiger partial charge in [-0.1, -0.05) is 30.3 Å². The van der Waals surface area contributed by atoms with Gasteiger partial charge in [0.25, 0.3) is 0 Å². The van der Waals surface area contributed by atoms with Crippen molar-refractivity contribution in [2.24, 2.45) is 0 Å².